The van der Waals surface area contributed by atoms with E-state index in [0.717, 1.165) is 28.1 Å². The number of nitrogens with zero attached hydrogens (tertiary/aromatic N) is 2. The number of aliphatic hydroxyl groups is 1. The molecule has 3 nitrogen and oxygen atoms in total. The number of benzene rings is 3. The van der Waals surface area contributed by atoms with Crippen LogP contribution >= 0.6 is 0 Å². The van der Waals surface area contributed by atoms with Crippen molar-refractivity contribution in [2.45, 2.75) is 5.60 Å². The summed E-state index contributed by atoms with van der Waals surface area (Å²) in [5, 5.41) is 12.0. The number of hydrogen-bond donors (Lipinski definition) is 1. The van der Waals surface area contributed by atoms with Gasteiger partial charge in [0.05, 0.1) is 0 Å². The number of rotatable bonds is 5. The summed E-state index contributed by atoms with van der Waals surface area (Å²) in [6.07, 6.45) is 0. The molecule has 0 fully saturated rings. The lowest BCUT2D eigenvalue weighted by atomic mass is 9.80. The number of hydrogen-bond acceptors (Lipinski definition) is 3. The Morgan fingerprint density at radius 1 is 0.577 bits per heavy atom. The van der Waals surface area contributed by atoms with Crippen LogP contribution in [0.15, 0.2) is 78.9 Å². The van der Waals surface area contributed by atoms with Gasteiger partial charge in [-0.2, -0.15) is 0 Å². The van der Waals surface area contributed by atoms with Gasteiger partial charge in [0, 0.05) is 39.6 Å². The van der Waals surface area contributed by atoms with Crippen LogP contribution in [0.4, 0.5) is 11.4 Å². The van der Waals surface area contributed by atoms with Crippen molar-refractivity contribution in [2.75, 3.05) is 38.0 Å². The summed E-state index contributed by atoms with van der Waals surface area (Å²) in [6.45, 7) is 0. The minimum atomic E-state index is -1.22. The van der Waals surface area contributed by atoms with Crippen LogP contribution in [0.5, 0.6) is 0 Å². The average Bonchev–Trinajstić information content (AvgIpc) is 2.68. The standard InChI is InChI=1S/C23H26N2O/c1-24(2)21-14-8-12-19(16-21)23(26,18-10-6-5-7-11-18)20-13-9-15-22(17-20)25(3)4/h5-17,26H,1-4H3. The Hall–Kier alpha value is -2.78. The van der Waals surface area contributed by atoms with E-state index >= 15 is 0 Å². The first kappa shape index (κ1) is 18.0. The summed E-state index contributed by atoms with van der Waals surface area (Å²) >= 11 is 0. The van der Waals surface area contributed by atoms with Gasteiger partial charge in [0.25, 0.3) is 0 Å². The molecular formula is C23H26N2O. The van der Waals surface area contributed by atoms with Crippen molar-refractivity contribution in [3.8, 4) is 0 Å². The Balaban J connectivity index is 2.25. The van der Waals surface area contributed by atoms with Crippen LogP contribution in [0.1, 0.15) is 16.7 Å². The molecule has 0 spiro atoms. The SMILES string of the molecule is CN(C)c1cccc(C(O)(c2ccccc2)c2cccc(N(C)C)c2)c1. The van der Waals surface area contributed by atoms with Crippen LogP contribution in [0, 0.1) is 0 Å². The maximum Gasteiger partial charge on any atom is 0.140 e. The Labute approximate surface area is 156 Å². The summed E-state index contributed by atoms with van der Waals surface area (Å²) in [5.41, 5.74) is 3.45. The Kier molecular flexibility index (Phi) is 5.01. The van der Waals surface area contributed by atoms with Crippen molar-refractivity contribution in [3.05, 3.63) is 95.6 Å². The average molecular weight is 346 g/mol. The quantitative estimate of drug-likeness (QED) is 0.705. The second kappa shape index (κ2) is 7.22. The van der Waals surface area contributed by atoms with E-state index in [0.29, 0.717) is 0 Å². The van der Waals surface area contributed by atoms with Crippen LogP contribution in [-0.4, -0.2) is 33.3 Å². The van der Waals surface area contributed by atoms with Gasteiger partial charge in [-0.1, -0.05) is 54.6 Å². The van der Waals surface area contributed by atoms with E-state index in [4.69, 9.17) is 0 Å². The van der Waals surface area contributed by atoms with Crippen molar-refractivity contribution in [1.29, 1.82) is 0 Å². The van der Waals surface area contributed by atoms with Crippen molar-refractivity contribution in [3.63, 3.8) is 0 Å². The topological polar surface area (TPSA) is 26.7 Å². The maximum atomic E-state index is 12.0. The summed E-state index contributed by atoms with van der Waals surface area (Å²) in [6, 6.07) is 26.0. The zero-order valence-corrected chi connectivity index (χ0v) is 15.8. The van der Waals surface area contributed by atoms with E-state index in [9.17, 15) is 5.11 Å². The summed E-state index contributed by atoms with van der Waals surface area (Å²) < 4.78 is 0. The summed E-state index contributed by atoms with van der Waals surface area (Å²) in [5.74, 6) is 0. The summed E-state index contributed by atoms with van der Waals surface area (Å²) in [4.78, 5) is 4.09. The lowest BCUT2D eigenvalue weighted by molar-refractivity contribution is 0.126. The molecule has 26 heavy (non-hydrogen) atoms. The molecule has 3 heteroatoms. The normalized spacial score (nSPS) is 11.3. The molecule has 0 aliphatic carbocycles. The van der Waals surface area contributed by atoms with E-state index in [1.807, 2.05) is 105 Å². The fourth-order valence-corrected chi connectivity index (χ4v) is 3.20. The third-order valence-electron chi connectivity index (χ3n) is 4.75. The minimum absolute atomic E-state index is 0.853. The van der Waals surface area contributed by atoms with Gasteiger partial charge in [-0.05, 0) is 41.0 Å². The largest absolute Gasteiger partial charge is 0.378 e. The molecular weight excluding hydrogens is 320 g/mol. The fraction of sp³-hybridized carbons (Fsp3) is 0.217. The molecule has 0 radical (unpaired) electrons. The molecule has 0 heterocycles. The Morgan fingerprint density at radius 2 is 1.00 bits per heavy atom. The highest BCUT2D eigenvalue weighted by atomic mass is 16.3. The van der Waals surface area contributed by atoms with Crippen LogP contribution in [0.2, 0.25) is 0 Å². The minimum Gasteiger partial charge on any atom is -0.378 e. The predicted molar refractivity (Wildman–Crippen MR) is 110 cm³/mol. The van der Waals surface area contributed by atoms with Crippen molar-refractivity contribution in [1.82, 2.24) is 0 Å². The van der Waals surface area contributed by atoms with Crippen molar-refractivity contribution in [2.24, 2.45) is 0 Å². The molecule has 0 aromatic heterocycles. The first-order valence-electron chi connectivity index (χ1n) is 8.76. The molecule has 0 aliphatic rings. The van der Waals surface area contributed by atoms with Gasteiger partial charge in [0.15, 0.2) is 0 Å². The van der Waals surface area contributed by atoms with Crippen LogP contribution in [-0.2, 0) is 5.60 Å². The molecule has 0 unspecified atom stereocenters. The molecule has 0 saturated carbocycles. The number of anilines is 2. The zero-order chi connectivity index (χ0) is 18.7. The van der Waals surface area contributed by atoms with Crippen molar-refractivity contribution >= 4 is 11.4 Å². The molecule has 0 aliphatic heterocycles. The Morgan fingerprint density at radius 3 is 1.42 bits per heavy atom. The van der Waals surface area contributed by atoms with E-state index < -0.39 is 5.60 Å². The Bertz CT molecular complexity index is 821. The third-order valence-corrected chi connectivity index (χ3v) is 4.75. The highest BCUT2D eigenvalue weighted by Crippen LogP contribution is 2.38. The molecule has 3 aromatic carbocycles. The lowest BCUT2D eigenvalue weighted by Crippen LogP contribution is -2.29. The van der Waals surface area contributed by atoms with Gasteiger partial charge in [-0.25, -0.2) is 0 Å². The molecule has 0 saturated heterocycles. The molecule has 0 atom stereocenters. The van der Waals surface area contributed by atoms with Crippen LogP contribution in [0.3, 0.4) is 0 Å². The molecule has 0 bridgehead atoms. The second-order valence-electron chi connectivity index (χ2n) is 6.97. The van der Waals surface area contributed by atoms with Crippen LogP contribution in [0.25, 0.3) is 0 Å². The monoisotopic (exact) mass is 346 g/mol. The highest BCUT2D eigenvalue weighted by Gasteiger charge is 2.34. The molecule has 134 valence electrons. The third kappa shape index (κ3) is 3.31. The molecule has 1 N–H and O–H groups in total. The van der Waals surface area contributed by atoms with Gasteiger partial charge >= 0.3 is 0 Å². The molecule has 0 amide bonds. The lowest BCUT2D eigenvalue weighted by Gasteiger charge is -2.31. The van der Waals surface area contributed by atoms with Crippen molar-refractivity contribution < 1.29 is 5.11 Å². The van der Waals surface area contributed by atoms with E-state index in [1.165, 1.54) is 0 Å². The molecule has 3 aromatic rings. The fourth-order valence-electron chi connectivity index (χ4n) is 3.20. The second-order valence-corrected chi connectivity index (χ2v) is 6.97. The van der Waals surface area contributed by atoms with Gasteiger partial charge in [-0.3, -0.25) is 0 Å². The van der Waals surface area contributed by atoms with Gasteiger partial charge in [0.1, 0.15) is 5.60 Å². The maximum absolute atomic E-state index is 12.0. The highest BCUT2D eigenvalue weighted by molar-refractivity contribution is 5.57. The van der Waals surface area contributed by atoms with E-state index in [1.54, 1.807) is 0 Å². The first-order valence-corrected chi connectivity index (χ1v) is 8.76. The van der Waals surface area contributed by atoms with E-state index in [2.05, 4.69) is 12.1 Å². The summed E-state index contributed by atoms with van der Waals surface area (Å²) in [7, 11) is 8.03. The molecule has 3 rings (SSSR count). The van der Waals surface area contributed by atoms with Crippen LogP contribution < -0.4 is 9.80 Å². The predicted octanol–water partition coefficient (Wildman–Crippen LogP) is 4.10. The van der Waals surface area contributed by atoms with Gasteiger partial charge < -0.3 is 14.9 Å². The zero-order valence-electron chi connectivity index (χ0n) is 15.8. The smallest absolute Gasteiger partial charge is 0.140 e. The first-order chi connectivity index (χ1) is 12.4. The van der Waals surface area contributed by atoms with E-state index in [-0.39, 0.29) is 0 Å². The van der Waals surface area contributed by atoms with Gasteiger partial charge in [-0.15, -0.1) is 0 Å². The van der Waals surface area contributed by atoms with Gasteiger partial charge in [0.2, 0.25) is 0 Å².